The molecule has 0 saturated heterocycles. The van der Waals surface area contributed by atoms with Crippen molar-refractivity contribution in [2.24, 2.45) is 0 Å². The van der Waals surface area contributed by atoms with Crippen LogP contribution in [0.15, 0.2) is 42.5 Å². The number of benzene rings is 2. The highest BCUT2D eigenvalue weighted by Crippen LogP contribution is 2.32. The molecule has 1 heterocycles. The van der Waals surface area contributed by atoms with Crippen molar-refractivity contribution < 1.29 is 23.4 Å². The maximum atomic E-state index is 13.5. The highest BCUT2D eigenvalue weighted by molar-refractivity contribution is 5.77. The van der Waals surface area contributed by atoms with Crippen LogP contribution in [0.5, 0.6) is 17.2 Å². The molecule has 0 aromatic heterocycles. The smallest absolute Gasteiger partial charge is 0.260 e. The van der Waals surface area contributed by atoms with Gasteiger partial charge in [-0.05, 0) is 36.8 Å². The van der Waals surface area contributed by atoms with Crippen molar-refractivity contribution in [2.45, 2.75) is 13.5 Å². The lowest BCUT2D eigenvalue weighted by Crippen LogP contribution is -2.34. The van der Waals surface area contributed by atoms with Crippen LogP contribution < -0.4 is 14.2 Å². The highest BCUT2D eigenvalue weighted by atomic mass is 19.1. The van der Waals surface area contributed by atoms with Gasteiger partial charge in [-0.25, -0.2) is 4.39 Å². The molecule has 0 saturated carbocycles. The van der Waals surface area contributed by atoms with Crippen LogP contribution in [-0.2, 0) is 11.3 Å². The van der Waals surface area contributed by atoms with Crippen LogP contribution in [0.4, 0.5) is 4.39 Å². The van der Waals surface area contributed by atoms with Gasteiger partial charge in [-0.3, -0.25) is 4.79 Å². The van der Waals surface area contributed by atoms with E-state index in [4.69, 9.17) is 14.2 Å². The van der Waals surface area contributed by atoms with Crippen molar-refractivity contribution in [3.63, 3.8) is 0 Å². The van der Waals surface area contributed by atoms with E-state index in [-0.39, 0.29) is 25.1 Å². The summed E-state index contributed by atoms with van der Waals surface area (Å²) in [4.78, 5) is 14.0. The van der Waals surface area contributed by atoms with Crippen molar-refractivity contribution in [1.29, 1.82) is 0 Å². The first-order valence-corrected chi connectivity index (χ1v) is 7.71. The Morgan fingerprint density at radius 3 is 2.79 bits per heavy atom. The van der Waals surface area contributed by atoms with Crippen LogP contribution in [0.3, 0.4) is 0 Å². The van der Waals surface area contributed by atoms with Gasteiger partial charge in [0.25, 0.3) is 5.91 Å². The number of fused-ring (bicyclic) bond motifs is 1. The zero-order chi connectivity index (χ0) is 16.9. The Balaban J connectivity index is 1.61. The van der Waals surface area contributed by atoms with Crippen LogP contribution in [0.1, 0.15) is 12.5 Å². The number of hydrogen-bond acceptors (Lipinski definition) is 4. The quantitative estimate of drug-likeness (QED) is 0.816. The predicted molar refractivity (Wildman–Crippen MR) is 85.6 cm³/mol. The first-order valence-electron chi connectivity index (χ1n) is 7.71. The second kappa shape index (κ2) is 7.21. The minimum atomic E-state index is -0.482. The summed E-state index contributed by atoms with van der Waals surface area (Å²) >= 11 is 0. The van der Waals surface area contributed by atoms with Gasteiger partial charge in [0, 0.05) is 13.1 Å². The minimum absolute atomic E-state index is 0.0741. The van der Waals surface area contributed by atoms with E-state index >= 15 is 0 Å². The summed E-state index contributed by atoms with van der Waals surface area (Å²) in [5, 5.41) is 0. The number of likely N-dealkylation sites (N-methyl/N-ethyl adjacent to an activating group) is 1. The summed E-state index contributed by atoms with van der Waals surface area (Å²) in [6.07, 6.45) is 0. The Kier molecular flexibility index (Phi) is 4.84. The Morgan fingerprint density at radius 2 is 2.00 bits per heavy atom. The Labute approximate surface area is 139 Å². The van der Waals surface area contributed by atoms with Gasteiger partial charge in [0.05, 0.1) is 0 Å². The largest absolute Gasteiger partial charge is 0.481 e. The zero-order valence-electron chi connectivity index (χ0n) is 13.3. The number of rotatable bonds is 6. The van der Waals surface area contributed by atoms with Gasteiger partial charge in [0.2, 0.25) is 6.79 Å². The molecule has 6 heteroatoms. The number of halogens is 1. The number of ether oxygens (including phenoxy) is 3. The van der Waals surface area contributed by atoms with E-state index in [2.05, 4.69) is 0 Å². The van der Waals surface area contributed by atoms with Gasteiger partial charge in [0.1, 0.15) is 0 Å². The van der Waals surface area contributed by atoms with E-state index in [1.54, 1.807) is 17.0 Å². The molecule has 2 aromatic rings. The van der Waals surface area contributed by atoms with Crippen LogP contribution in [0.25, 0.3) is 0 Å². The lowest BCUT2D eigenvalue weighted by Gasteiger charge is -2.21. The summed E-state index contributed by atoms with van der Waals surface area (Å²) in [5.74, 6) is 0.766. The normalized spacial score (nSPS) is 12.1. The third kappa shape index (κ3) is 3.59. The average Bonchev–Trinajstić information content (AvgIpc) is 3.06. The van der Waals surface area contributed by atoms with Crippen molar-refractivity contribution >= 4 is 5.91 Å². The molecule has 1 aliphatic rings. The SMILES string of the molecule is CCN(Cc1ccc2c(c1)OCO2)C(=O)COc1ccccc1F. The molecule has 0 fully saturated rings. The van der Waals surface area contributed by atoms with Crippen LogP contribution in [0, 0.1) is 5.82 Å². The number of amides is 1. The number of carbonyl (C=O) groups is 1. The van der Waals surface area contributed by atoms with Gasteiger partial charge in [-0.1, -0.05) is 18.2 Å². The third-order valence-corrected chi connectivity index (χ3v) is 3.73. The molecule has 0 radical (unpaired) electrons. The zero-order valence-corrected chi connectivity index (χ0v) is 13.3. The molecule has 0 aliphatic carbocycles. The number of nitrogens with zero attached hydrogens (tertiary/aromatic N) is 1. The van der Waals surface area contributed by atoms with Gasteiger partial charge < -0.3 is 19.1 Å². The average molecular weight is 331 g/mol. The lowest BCUT2D eigenvalue weighted by molar-refractivity contribution is -0.133. The number of carbonyl (C=O) groups excluding carboxylic acids is 1. The topological polar surface area (TPSA) is 48.0 Å². The molecule has 2 aromatic carbocycles. The molecule has 1 amide bonds. The summed E-state index contributed by atoms with van der Waals surface area (Å²) < 4.78 is 29.4. The third-order valence-electron chi connectivity index (χ3n) is 3.73. The molecule has 0 atom stereocenters. The van der Waals surface area contributed by atoms with Crippen LogP contribution in [0.2, 0.25) is 0 Å². The van der Waals surface area contributed by atoms with E-state index in [9.17, 15) is 9.18 Å². The molecule has 3 rings (SSSR count). The Hall–Kier alpha value is -2.76. The summed E-state index contributed by atoms with van der Waals surface area (Å²) in [5.41, 5.74) is 0.931. The van der Waals surface area contributed by atoms with Crippen molar-refractivity contribution in [3.8, 4) is 17.2 Å². The van der Waals surface area contributed by atoms with Crippen LogP contribution >= 0.6 is 0 Å². The minimum Gasteiger partial charge on any atom is -0.481 e. The van der Waals surface area contributed by atoms with E-state index in [0.717, 1.165) is 5.56 Å². The maximum absolute atomic E-state index is 13.5. The Morgan fingerprint density at radius 1 is 1.21 bits per heavy atom. The van der Waals surface area contributed by atoms with Crippen molar-refractivity contribution in [2.75, 3.05) is 19.9 Å². The standard InChI is InChI=1S/C18H18FNO4/c1-2-20(10-13-7-8-16-17(9-13)24-12-23-16)18(21)11-22-15-6-4-3-5-14(15)19/h3-9H,2,10-12H2,1H3. The molecular formula is C18H18FNO4. The van der Waals surface area contributed by atoms with E-state index in [0.29, 0.717) is 24.6 Å². The molecule has 1 aliphatic heterocycles. The number of para-hydroxylation sites is 1. The molecule has 0 N–H and O–H groups in total. The molecular weight excluding hydrogens is 313 g/mol. The first kappa shape index (κ1) is 16.1. The van der Waals surface area contributed by atoms with Gasteiger partial charge in [-0.2, -0.15) is 0 Å². The van der Waals surface area contributed by atoms with E-state index in [1.807, 2.05) is 25.1 Å². The van der Waals surface area contributed by atoms with Gasteiger partial charge in [0.15, 0.2) is 29.7 Å². The molecule has 0 unspecified atom stereocenters. The van der Waals surface area contributed by atoms with Crippen LogP contribution in [-0.4, -0.2) is 30.8 Å². The molecule has 0 bridgehead atoms. The van der Waals surface area contributed by atoms with Crippen molar-refractivity contribution in [3.05, 3.63) is 53.8 Å². The van der Waals surface area contributed by atoms with E-state index < -0.39 is 5.82 Å². The maximum Gasteiger partial charge on any atom is 0.260 e. The molecule has 126 valence electrons. The predicted octanol–water partition coefficient (Wildman–Crippen LogP) is 2.98. The fraction of sp³-hybridized carbons (Fsp3) is 0.278. The first-order chi connectivity index (χ1) is 11.7. The van der Waals surface area contributed by atoms with Gasteiger partial charge >= 0.3 is 0 Å². The molecule has 5 nitrogen and oxygen atoms in total. The van der Waals surface area contributed by atoms with Gasteiger partial charge in [-0.15, -0.1) is 0 Å². The molecule has 0 spiro atoms. The highest BCUT2D eigenvalue weighted by Gasteiger charge is 2.17. The summed E-state index contributed by atoms with van der Waals surface area (Å²) in [6.45, 7) is 2.83. The molecule has 24 heavy (non-hydrogen) atoms. The summed E-state index contributed by atoms with van der Waals surface area (Å²) in [6, 6.07) is 11.6. The Bertz CT molecular complexity index is 735. The summed E-state index contributed by atoms with van der Waals surface area (Å²) in [7, 11) is 0. The monoisotopic (exact) mass is 331 g/mol. The number of hydrogen-bond donors (Lipinski definition) is 0. The van der Waals surface area contributed by atoms with E-state index in [1.165, 1.54) is 12.1 Å². The fourth-order valence-corrected chi connectivity index (χ4v) is 2.43. The fourth-order valence-electron chi connectivity index (χ4n) is 2.43. The van der Waals surface area contributed by atoms with Crippen molar-refractivity contribution in [1.82, 2.24) is 4.90 Å². The second-order valence-corrected chi connectivity index (χ2v) is 5.31. The lowest BCUT2D eigenvalue weighted by atomic mass is 10.2. The second-order valence-electron chi connectivity index (χ2n) is 5.31.